The van der Waals surface area contributed by atoms with E-state index in [1.165, 1.54) is 25.7 Å². The normalized spacial score (nSPS) is 17.9. The third-order valence-corrected chi connectivity index (χ3v) is 3.80. The summed E-state index contributed by atoms with van der Waals surface area (Å²) in [6, 6.07) is 0. The zero-order valence-corrected chi connectivity index (χ0v) is 12.7. The molecule has 1 saturated heterocycles. The Kier molecular flexibility index (Phi) is 10.5. The van der Waals surface area contributed by atoms with Gasteiger partial charge in [0.05, 0.1) is 0 Å². The van der Waals surface area contributed by atoms with Crippen LogP contribution in [0.5, 0.6) is 0 Å². The standard InChI is InChI=1S/C14H28N2O.ClH/c1-3-4-5-8-16-14(17)11-12(2)13-6-9-15-10-7-13;/h12-13,15H,3-11H2,1-2H3,(H,16,17);1H. The molecule has 0 spiro atoms. The fourth-order valence-corrected chi connectivity index (χ4v) is 2.55. The summed E-state index contributed by atoms with van der Waals surface area (Å²) in [6.45, 7) is 7.49. The highest BCUT2D eigenvalue weighted by molar-refractivity contribution is 5.85. The number of rotatable bonds is 7. The van der Waals surface area contributed by atoms with E-state index in [1.54, 1.807) is 0 Å². The molecule has 1 aliphatic rings. The maximum absolute atomic E-state index is 11.7. The van der Waals surface area contributed by atoms with Gasteiger partial charge in [0.1, 0.15) is 0 Å². The van der Waals surface area contributed by atoms with Gasteiger partial charge in [0, 0.05) is 13.0 Å². The minimum absolute atomic E-state index is 0. The van der Waals surface area contributed by atoms with Crippen molar-refractivity contribution < 1.29 is 4.79 Å². The van der Waals surface area contributed by atoms with E-state index in [9.17, 15) is 4.79 Å². The van der Waals surface area contributed by atoms with Crippen molar-refractivity contribution in [2.24, 2.45) is 11.8 Å². The van der Waals surface area contributed by atoms with Gasteiger partial charge in [-0.2, -0.15) is 0 Å². The second kappa shape index (κ2) is 10.6. The van der Waals surface area contributed by atoms with Crippen molar-refractivity contribution in [3.8, 4) is 0 Å². The molecule has 1 fully saturated rings. The molecule has 1 unspecified atom stereocenters. The van der Waals surface area contributed by atoms with Crippen LogP contribution in [0.1, 0.15) is 52.4 Å². The summed E-state index contributed by atoms with van der Waals surface area (Å²) in [7, 11) is 0. The lowest BCUT2D eigenvalue weighted by Crippen LogP contribution is -2.33. The van der Waals surface area contributed by atoms with Gasteiger partial charge in [0.2, 0.25) is 5.91 Å². The first-order valence-corrected chi connectivity index (χ1v) is 7.21. The molecule has 0 radical (unpaired) electrons. The summed E-state index contributed by atoms with van der Waals surface area (Å²) < 4.78 is 0. The molecular weight excluding hydrogens is 248 g/mol. The van der Waals surface area contributed by atoms with E-state index in [-0.39, 0.29) is 18.3 Å². The number of unbranched alkanes of at least 4 members (excludes halogenated alkanes) is 2. The van der Waals surface area contributed by atoms with Gasteiger partial charge < -0.3 is 10.6 Å². The first-order chi connectivity index (χ1) is 8.24. The Morgan fingerprint density at radius 1 is 1.33 bits per heavy atom. The number of carbonyl (C=O) groups is 1. The molecule has 18 heavy (non-hydrogen) atoms. The molecule has 0 bridgehead atoms. The number of halogens is 1. The van der Waals surface area contributed by atoms with Crippen LogP contribution in [0.4, 0.5) is 0 Å². The number of hydrogen-bond donors (Lipinski definition) is 2. The number of piperidine rings is 1. The first-order valence-electron chi connectivity index (χ1n) is 7.21. The summed E-state index contributed by atoms with van der Waals surface area (Å²) in [5, 5.41) is 6.40. The highest BCUT2D eigenvalue weighted by atomic mass is 35.5. The van der Waals surface area contributed by atoms with Crippen LogP contribution in [0, 0.1) is 11.8 Å². The van der Waals surface area contributed by atoms with Crippen LogP contribution < -0.4 is 10.6 Å². The maximum Gasteiger partial charge on any atom is 0.220 e. The van der Waals surface area contributed by atoms with Gasteiger partial charge in [-0.05, 0) is 44.2 Å². The van der Waals surface area contributed by atoms with E-state index in [0.29, 0.717) is 12.3 Å². The molecule has 1 atom stereocenters. The summed E-state index contributed by atoms with van der Waals surface area (Å²) in [4.78, 5) is 11.7. The van der Waals surface area contributed by atoms with Gasteiger partial charge >= 0.3 is 0 Å². The lowest BCUT2D eigenvalue weighted by atomic mass is 9.84. The van der Waals surface area contributed by atoms with Crippen molar-refractivity contribution in [1.82, 2.24) is 10.6 Å². The smallest absolute Gasteiger partial charge is 0.220 e. The fraction of sp³-hybridized carbons (Fsp3) is 0.929. The number of nitrogens with one attached hydrogen (secondary N) is 2. The van der Waals surface area contributed by atoms with E-state index in [0.717, 1.165) is 32.0 Å². The summed E-state index contributed by atoms with van der Waals surface area (Å²) >= 11 is 0. The Bertz CT molecular complexity index is 218. The minimum Gasteiger partial charge on any atom is -0.356 e. The van der Waals surface area contributed by atoms with E-state index >= 15 is 0 Å². The largest absolute Gasteiger partial charge is 0.356 e. The van der Waals surface area contributed by atoms with Crippen LogP contribution in [-0.4, -0.2) is 25.5 Å². The first kappa shape index (κ1) is 17.7. The quantitative estimate of drug-likeness (QED) is 0.702. The Morgan fingerprint density at radius 3 is 2.61 bits per heavy atom. The van der Waals surface area contributed by atoms with Crippen molar-refractivity contribution in [1.29, 1.82) is 0 Å². The van der Waals surface area contributed by atoms with E-state index in [4.69, 9.17) is 0 Å². The number of hydrogen-bond acceptors (Lipinski definition) is 2. The van der Waals surface area contributed by atoms with Crippen molar-refractivity contribution in [3.63, 3.8) is 0 Å². The summed E-state index contributed by atoms with van der Waals surface area (Å²) in [5.41, 5.74) is 0. The van der Waals surface area contributed by atoms with Crippen LogP contribution in [-0.2, 0) is 4.79 Å². The van der Waals surface area contributed by atoms with E-state index in [2.05, 4.69) is 24.5 Å². The highest BCUT2D eigenvalue weighted by Gasteiger charge is 2.21. The molecule has 3 nitrogen and oxygen atoms in total. The van der Waals surface area contributed by atoms with Crippen molar-refractivity contribution >= 4 is 18.3 Å². The maximum atomic E-state index is 11.7. The Morgan fingerprint density at radius 2 is 2.00 bits per heavy atom. The van der Waals surface area contributed by atoms with E-state index in [1.807, 2.05) is 0 Å². The van der Waals surface area contributed by atoms with Gasteiger partial charge in [0.15, 0.2) is 0 Å². The Hall–Kier alpha value is -0.280. The lowest BCUT2D eigenvalue weighted by Gasteiger charge is -2.27. The fourth-order valence-electron chi connectivity index (χ4n) is 2.55. The molecule has 1 heterocycles. The zero-order valence-electron chi connectivity index (χ0n) is 11.8. The van der Waals surface area contributed by atoms with E-state index < -0.39 is 0 Å². The predicted octanol–water partition coefficient (Wildman–Crippen LogP) is 2.74. The third-order valence-electron chi connectivity index (χ3n) is 3.80. The molecule has 2 N–H and O–H groups in total. The molecular formula is C14H29ClN2O. The molecule has 108 valence electrons. The minimum atomic E-state index is 0. The van der Waals surface area contributed by atoms with Gasteiger partial charge in [-0.25, -0.2) is 0 Å². The highest BCUT2D eigenvalue weighted by Crippen LogP contribution is 2.23. The predicted molar refractivity (Wildman–Crippen MR) is 79.2 cm³/mol. The SMILES string of the molecule is CCCCCNC(=O)CC(C)C1CCNCC1.Cl. The monoisotopic (exact) mass is 276 g/mol. The van der Waals surface area contributed by atoms with Crippen molar-refractivity contribution in [3.05, 3.63) is 0 Å². The van der Waals surface area contributed by atoms with Crippen molar-refractivity contribution in [2.45, 2.75) is 52.4 Å². The van der Waals surface area contributed by atoms with Crippen LogP contribution in [0.2, 0.25) is 0 Å². The van der Waals surface area contributed by atoms with Crippen molar-refractivity contribution in [2.75, 3.05) is 19.6 Å². The van der Waals surface area contributed by atoms with Gasteiger partial charge in [-0.1, -0.05) is 26.7 Å². The van der Waals surface area contributed by atoms with Crippen LogP contribution in [0.3, 0.4) is 0 Å². The molecule has 0 aromatic rings. The van der Waals surface area contributed by atoms with Gasteiger partial charge in [-0.3, -0.25) is 4.79 Å². The topological polar surface area (TPSA) is 41.1 Å². The van der Waals surface area contributed by atoms with Gasteiger partial charge in [-0.15, -0.1) is 12.4 Å². The third kappa shape index (κ3) is 7.22. The average molecular weight is 277 g/mol. The zero-order chi connectivity index (χ0) is 12.5. The molecule has 0 saturated carbocycles. The summed E-state index contributed by atoms with van der Waals surface area (Å²) in [5.74, 6) is 1.51. The van der Waals surface area contributed by atoms with Crippen LogP contribution >= 0.6 is 12.4 Å². The Labute approximate surface area is 118 Å². The molecule has 0 aromatic heterocycles. The molecule has 1 rings (SSSR count). The second-order valence-corrected chi connectivity index (χ2v) is 5.33. The van der Waals surface area contributed by atoms with Gasteiger partial charge in [0.25, 0.3) is 0 Å². The number of amides is 1. The average Bonchev–Trinajstić information content (AvgIpc) is 2.36. The molecule has 0 aromatic carbocycles. The number of carbonyl (C=O) groups excluding carboxylic acids is 1. The van der Waals surface area contributed by atoms with Crippen LogP contribution in [0.15, 0.2) is 0 Å². The molecule has 4 heteroatoms. The lowest BCUT2D eigenvalue weighted by molar-refractivity contribution is -0.122. The van der Waals surface area contributed by atoms with Crippen LogP contribution in [0.25, 0.3) is 0 Å². The second-order valence-electron chi connectivity index (χ2n) is 5.33. The summed E-state index contributed by atoms with van der Waals surface area (Å²) in [6.07, 6.45) is 6.70. The Balaban J connectivity index is 0.00000289. The molecule has 1 amide bonds. The molecule has 0 aliphatic carbocycles. The molecule has 1 aliphatic heterocycles.